The molecule has 1 N–H and O–H groups in total. The Hall–Kier alpha value is -3.27. The number of pyridine rings is 1. The molecule has 2 aromatic heterocycles. The van der Waals surface area contributed by atoms with Crippen molar-refractivity contribution in [1.29, 1.82) is 0 Å². The Morgan fingerprint density at radius 3 is 2.33 bits per heavy atom. The van der Waals surface area contributed by atoms with Gasteiger partial charge in [-0.15, -0.1) is 0 Å². The molecule has 0 bridgehead atoms. The third-order valence-electron chi connectivity index (χ3n) is 3.84. The summed E-state index contributed by atoms with van der Waals surface area (Å²) in [5, 5.41) is 4.45. The fourth-order valence-electron chi connectivity index (χ4n) is 2.61. The van der Waals surface area contributed by atoms with E-state index in [9.17, 15) is 0 Å². The van der Waals surface area contributed by atoms with Gasteiger partial charge in [0.1, 0.15) is 5.82 Å². The minimum Gasteiger partial charge on any atom is -0.365 e. The van der Waals surface area contributed by atoms with E-state index in [1.54, 1.807) is 12.4 Å². The van der Waals surface area contributed by atoms with E-state index in [1.807, 2.05) is 66.7 Å². The highest BCUT2D eigenvalue weighted by Crippen LogP contribution is 2.25. The van der Waals surface area contributed by atoms with E-state index in [-0.39, 0.29) is 0 Å². The highest BCUT2D eigenvalue weighted by atomic mass is 15.0. The second-order valence-corrected chi connectivity index (χ2v) is 5.49. The van der Waals surface area contributed by atoms with E-state index >= 15 is 0 Å². The van der Waals surface area contributed by atoms with Crippen molar-refractivity contribution in [1.82, 2.24) is 15.0 Å². The number of rotatable bonds is 4. The third-order valence-corrected chi connectivity index (χ3v) is 3.84. The van der Waals surface area contributed by atoms with Crippen molar-refractivity contribution in [2.45, 2.75) is 6.54 Å². The zero-order chi connectivity index (χ0) is 16.2. The number of nitrogens with zero attached hydrogens (tertiary/aromatic N) is 3. The normalized spacial score (nSPS) is 10.7. The van der Waals surface area contributed by atoms with Crippen LogP contribution in [0.25, 0.3) is 22.3 Å². The lowest BCUT2D eigenvalue weighted by Crippen LogP contribution is -2.04. The number of hydrogen-bond acceptors (Lipinski definition) is 4. The molecule has 0 aliphatic rings. The van der Waals surface area contributed by atoms with Crippen LogP contribution in [0.3, 0.4) is 0 Å². The number of aromatic nitrogens is 3. The summed E-state index contributed by atoms with van der Waals surface area (Å²) in [6, 6.07) is 22.1. The first-order valence-electron chi connectivity index (χ1n) is 7.85. The van der Waals surface area contributed by atoms with Crippen LogP contribution in [0.5, 0.6) is 0 Å². The Balaban J connectivity index is 1.75. The molecule has 0 saturated heterocycles. The summed E-state index contributed by atoms with van der Waals surface area (Å²) in [6.45, 7) is 0.692. The van der Waals surface area contributed by atoms with Gasteiger partial charge < -0.3 is 5.32 Å². The fraction of sp³-hybridized carbons (Fsp3) is 0.0500. The predicted octanol–water partition coefficient (Wildman–Crippen LogP) is 4.30. The Morgan fingerprint density at radius 1 is 0.750 bits per heavy atom. The summed E-state index contributed by atoms with van der Waals surface area (Å²) in [5.74, 6) is 1.57. The van der Waals surface area contributed by atoms with E-state index in [0.29, 0.717) is 6.54 Å². The molecule has 2 heterocycles. The lowest BCUT2D eigenvalue weighted by atomic mass is 10.2. The van der Waals surface area contributed by atoms with Gasteiger partial charge in [-0.1, -0.05) is 42.5 Å². The largest absolute Gasteiger partial charge is 0.365 e. The van der Waals surface area contributed by atoms with Crippen LogP contribution in [0.4, 0.5) is 5.82 Å². The van der Waals surface area contributed by atoms with E-state index in [2.05, 4.69) is 10.3 Å². The summed E-state index contributed by atoms with van der Waals surface area (Å²) in [4.78, 5) is 13.5. The van der Waals surface area contributed by atoms with Crippen molar-refractivity contribution >= 4 is 16.7 Å². The molecule has 0 saturated carbocycles. The third kappa shape index (κ3) is 2.94. The Morgan fingerprint density at radius 2 is 1.50 bits per heavy atom. The zero-order valence-corrected chi connectivity index (χ0v) is 13.1. The van der Waals surface area contributed by atoms with Gasteiger partial charge in [0.15, 0.2) is 5.82 Å². The van der Waals surface area contributed by atoms with Crippen molar-refractivity contribution in [3.05, 3.63) is 84.7 Å². The molecule has 4 nitrogen and oxygen atoms in total. The molecule has 4 heteroatoms. The van der Waals surface area contributed by atoms with Gasteiger partial charge in [0.2, 0.25) is 0 Å². The molecular weight excluding hydrogens is 296 g/mol. The molecule has 0 spiro atoms. The summed E-state index contributed by atoms with van der Waals surface area (Å²) in [7, 11) is 0. The van der Waals surface area contributed by atoms with Gasteiger partial charge in [-0.05, 0) is 29.8 Å². The quantitative estimate of drug-likeness (QED) is 0.610. The average Bonchev–Trinajstić information content (AvgIpc) is 2.67. The molecule has 0 radical (unpaired) electrons. The van der Waals surface area contributed by atoms with Gasteiger partial charge >= 0.3 is 0 Å². The van der Waals surface area contributed by atoms with Gasteiger partial charge in [0.25, 0.3) is 0 Å². The molecule has 0 amide bonds. The first-order valence-corrected chi connectivity index (χ1v) is 7.85. The van der Waals surface area contributed by atoms with Crippen LogP contribution in [-0.2, 0) is 6.54 Å². The molecule has 0 atom stereocenters. The van der Waals surface area contributed by atoms with Crippen LogP contribution >= 0.6 is 0 Å². The maximum Gasteiger partial charge on any atom is 0.162 e. The maximum absolute atomic E-state index is 4.75. The maximum atomic E-state index is 4.75. The lowest BCUT2D eigenvalue weighted by molar-refractivity contribution is 1.09. The highest BCUT2D eigenvalue weighted by Gasteiger charge is 2.08. The molecule has 0 aliphatic heterocycles. The first-order chi connectivity index (χ1) is 11.9. The minimum absolute atomic E-state index is 0.692. The standard InChI is InChI=1S/C20H16N4/c1-2-6-16(7-3-1)19-23-18-9-5-4-8-17(18)20(24-19)22-14-15-10-12-21-13-11-15/h1-13H,14H2,(H,22,23,24). The van der Waals surface area contributed by atoms with Crippen LogP contribution in [0.15, 0.2) is 79.1 Å². The summed E-state index contributed by atoms with van der Waals surface area (Å²) < 4.78 is 0. The van der Waals surface area contributed by atoms with Crippen LogP contribution in [0.2, 0.25) is 0 Å². The molecule has 2 aromatic carbocycles. The zero-order valence-electron chi connectivity index (χ0n) is 13.1. The van der Waals surface area contributed by atoms with E-state index in [0.717, 1.165) is 33.7 Å². The predicted molar refractivity (Wildman–Crippen MR) is 96.5 cm³/mol. The van der Waals surface area contributed by atoms with Gasteiger partial charge in [-0.25, -0.2) is 9.97 Å². The van der Waals surface area contributed by atoms with E-state index < -0.39 is 0 Å². The molecular formula is C20H16N4. The van der Waals surface area contributed by atoms with Gasteiger partial charge in [-0.3, -0.25) is 4.98 Å². The van der Waals surface area contributed by atoms with Gasteiger partial charge in [0.05, 0.1) is 5.52 Å². The molecule has 4 aromatic rings. The minimum atomic E-state index is 0.692. The van der Waals surface area contributed by atoms with Crippen molar-refractivity contribution in [3.8, 4) is 11.4 Å². The van der Waals surface area contributed by atoms with E-state index in [1.165, 1.54) is 0 Å². The molecule has 116 valence electrons. The number of nitrogens with one attached hydrogen (secondary N) is 1. The second-order valence-electron chi connectivity index (χ2n) is 5.49. The van der Waals surface area contributed by atoms with Gasteiger partial charge in [-0.2, -0.15) is 0 Å². The second kappa shape index (κ2) is 6.46. The molecule has 24 heavy (non-hydrogen) atoms. The number of benzene rings is 2. The van der Waals surface area contributed by atoms with Crippen molar-refractivity contribution in [2.24, 2.45) is 0 Å². The number of hydrogen-bond donors (Lipinski definition) is 1. The molecule has 0 fully saturated rings. The topological polar surface area (TPSA) is 50.7 Å². The van der Waals surface area contributed by atoms with Crippen molar-refractivity contribution in [2.75, 3.05) is 5.32 Å². The van der Waals surface area contributed by atoms with Crippen LogP contribution in [-0.4, -0.2) is 15.0 Å². The van der Waals surface area contributed by atoms with Crippen LogP contribution in [0, 0.1) is 0 Å². The van der Waals surface area contributed by atoms with Crippen molar-refractivity contribution < 1.29 is 0 Å². The van der Waals surface area contributed by atoms with Crippen LogP contribution in [0.1, 0.15) is 5.56 Å². The first kappa shape index (κ1) is 14.3. The molecule has 0 unspecified atom stereocenters. The number of fused-ring (bicyclic) bond motifs is 1. The Kier molecular flexibility index (Phi) is 3.86. The van der Waals surface area contributed by atoms with Gasteiger partial charge in [0, 0.05) is 29.9 Å². The SMILES string of the molecule is c1ccc(-c2nc(NCc3ccncc3)c3ccccc3n2)cc1. The Bertz CT molecular complexity index is 953. The van der Waals surface area contributed by atoms with Crippen molar-refractivity contribution in [3.63, 3.8) is 0 Å². The number of anilines is 1. The van der Waals surface area contributed by atoms with E-state index in [4.69, 9.17) is 9.97 Å². The fourth-order valence-corrected chi connectivity index (χ4v) is 2.61. The monoisotopic (exact) mass is 312 g/mol. The number of para-hydroxylation sites is 1. The smallest absolute Gasteiger partial charge is 0.162 e. The summed E-state index contributed by atoms with van der Waals surface area (Å²) in [5.41, 5.74) is 3.10. The summed E-state index contributed by atoms with van der Waals surface area (Å²) >= 11 is 0. The Labute approximate surface area is 140 Å². The molecule has 4 rings (SSSR count). The lowest BCUT2D eigenvalue weighted by Gasteiger charge is -2.11. The molecule has 0 aliphatic carbocycles. The summed E-state index contributed by atoms with van der Waals surface area (Å²) in [6.07, 6.45) is 3.59. The average molecular weight is 312 g/mol. The highest BCUT2D eigenvalue weighted by molar-refractivity contribution is 5.90. The van der Waals surface area contributed by atoms with Crippen LogP contribution < -0.4 is 5.32 Å².